The standard InChI is InChI=1S/C22H22N2O4S/c1-28-14-13-23(15-17-7-3-2-4-8-17)21(25)16-24-19-11-5-9-18-10-6-12-20(22(18)19)29(24,26)27/h2-12H,13-16H2,1H3. The summed E-state index contributed by atoms with van der Waals surface area (Å²) in [7, 11) is -2.19. The molecule has 3 aromatic rings. The van der Waals surface area contributed by atoms with Gasteiger partial charge in [-0.3, -0.25) is 9.10 Å². The molecule has 150 valence electrons. The fourth-order valence-electron chi connectivity index (χ4n) is 3.65. The minimum atomic E-state index is -3.77. The molecule has 6 nitrogen and oxygen atoms in total. The number of amides is 1. The van der Waals surface area contributed by atoms with E-state index in [9.17, 15) is 13.2 Å². The van der Waals surface area contributed by atoms with Crippen LogP contribution >= 0.6 is 0 Å². The lowest BCUT2D eigenvalue weighted by molar-refractivity contribution is -0.130. The van der Waals surface area contributed by atoms with Gasteiger partial charge in [-0.2, -0.15) is 0 Å². The molecule has 0 bridgehead atoms. The van der Waals surface area contributed by atoms with Gasteiger partial charge in [0.15, 0.2) is 0 Å². The number of nitrogens with zero attached hydrogens (tertiary/aromatic N) is 2. The van der Waals surface area contributed by atoms with Gasteiger partial charge in [-0.1, -0.05) is 54.6 Å². The monoisotopic (exact) mass is 410 g/mol. The van der Waals surface area contributed by atoms with Gasteiger partial charge >= 0.3 is 0 Å². The van der Waals surface area contributed by atoms with E-state index < -0.39 is 10.0 Å². The number of hydrogen-bond acceptors (Lipinski definition) is 4. The minimum absolute atomic E-state index is 0.243. The van der Waals surface area contributed by atoms with Crippen LogP contribution in [-0.4, -0.2) is 46.0 Å². The molecule has 1 aliphatic heterocycles. The van der Waals surface area contributed by atoms with E-state index in [1.54, 1.807) is 30.2 Å². The molecule has 0 aliphatic carbocycles. The van der Waals surface area contributed by atoms with Crippen LogP contribution in [0.25, 0.3) is 10.8 Å². The molecule has 3 aromatic carbocycles. The van der Waals surface area contributed by atoms with Crippen LogP contribution in [0.1, 0.15) is 5.56 Å². The Morgan fingerprint density at radius 1 is 1.00 bits per heavy atom. The van der Waals surface area contributed by atoms with Crippen molar-refractivity contribution in [1.82, 2.24) is 4.90 Å². The van der Waals surface area contributed by atoms with Gasteiger partial charge in [0.2, 0.25) is 5.91 Å². The number of benzene rings is 3. The first-order valence-electron chi connectivity index (χ1n) is 9.37. The van der Waals surface area contributed by atoms with Crippen LogP contribution in [0, 0.1) is 0 Å². The van der Waals surface area contributed by atoms with Crippen LogP contribution in [0.4, 0.5) is 5.69 Å². The van der Waals surface area contributed by atoms with Gasteiger partial charge in [0.25, 0.3) is 10.0 Å². The van der Waals surface area contributed by atoms with Gasteiger partial charge in [-0.15, -0.1) is 0 Å². The van der Waals surface area contributed by atoms with Crippen LogP contribution in [0.15, 0.2) is 71.6 Å². The molecule has 1 aliphatic rings. The van der Waals surface area contributed by atoms with Crippen molar-refractivity contribution in [3.05, 3.63) is 72.3 Å². The van der Waals surface area contributed by atoms with E-state index in [0.717, 1.165) is 10.9 Å². The van der Waals surface area contributed by atoms with Gasteiger partial charge in [0, 0.05) is 25.6 Å². The lowest BCUT2D eigenvalue weighted by atomic mass is 10.1. The molecule has 0 atom stereocenters. The van der Waals surface area contributed by atoms with Crippen LogP contribution in [0.3, 0.4) is 0 Å². The predicted octanol–water partition coefficient (Wildman–Crippen LogP) is 3.02. The molecule has 0 aromatic heterocycles. The second kappa shape index (κ2) is 7.85. The third-order valence-electron chi connectivity index (χ3n) is 5.09. The highest BCUT2D eigenvalue weighted by Crippen LogP contribution is 2.41. The summed E-state index contributed by atoms with van der Waals surface area (Å²) in [5.41, 5.74) is 1.53. The maximum atomic E-state index is 13.1. The Bertz CT molecular complexity index is 1140. The molecular formula is C22H22N2O4S. The van der Waals surface area contributed by atoms with Crippen molar-refractivity contribution in [1.29, 1.82) is 0 Å². The lowest BCUT2D eigenvalue weighted by Crippen LogP contribution is -2.42. The Morgan fingerprint density at radius 3 is 2.45 bits per heavy atom. The van der Waals surface area contributed by atoms with Gasteiger partial charge in [-0.25, -0.2) is 8.42 Å². The fourth-order valence-corrected chi connectivity index (χ4v) is 5.31. The topological polar surface area (TPSA) is 66.9 Å². The first-order valence-corrected chi connectivity index (χ1v) is 10.8. The van der Waals surface area contributed by atoms with Gasteiger partial charge in [0.1, 0.15) is 6.54 Å². The summed E-state index contributed by atoms with van der Waals surface area (Å²) in [4.78, 5) is 15.0. The maximum Gasteiger partial charge on any atom is 0.265 e. The summed E-state index contributed by atoms with van der Waals surface area (Å²) in [5.74, 6) is -0.265. The number of sulfonamides is 1. The minimum Gasteiger partial charge on any atom is -0.383 e. The van der Waals surface area contributed by atoms with Crippen LogP contribution in [0.2, 0.25) is 0 Å². The largest absolute Gasteiger partial charge is 0.383 e. The van der Waals surface area contributed by atoms with E-state index >= 15 is 0 Å². The first-order chi connectivity index (χ1) is 14.0. The number of ether oxygens (including phenoxy) is 1. The van der Waals surface area contributed by atoms with Crippen molar-refractivity contribution in [2.24, 2.45) is 0 Å². The molecule has 4 rings (SSSR count). The Hall–Kier alpha value is -2.90. The number of rotatable bonds is 7. The van der Waals surface area contributed by atoms with E-state index in [4.69, 9.17) is 4.74 Å². The molecule has 7 heteroatoms. The van der Waals surface area contributed by atoms with Crippen molar-refractivity contribution in [3.8, 4) is 0 Å². The molecule has 0 spiro atoms. The summed E-state index contributed by atoms with van der Waals surface area (Å²) in [6.07, 6.45) is 0. The average molecular weight is 410 g/mol. The number of hydrogen-bond donors (Lipinski definition) is 0. The molecule has 0 N–H and O–H groups in total. The highest BCUT2D eigenvalue weighted by molar-refractivity contribution is 7.93. The highest BCUT2D eigenvalue weighted by Gasteiger charge is 2.37. The SMILES string of the molecule is COCCN(Cc1ccccc1)C(=O)CN1c2cccc3cccc(c23)S1(=O)=O. The highest BCUT2D eigenvalue weighted by atomic mass is 32.2. The van der Waals surface area contributed by atoms with Crippen molar-refractivity contribution in [2.75, 3.05) is 31.1 Å². The van der Waals surface area contributed by atoms with Crippen LogP contribution in [0.5, 0.6) is 0 Å². The molecule has 0 saturated heterocycles. The summed E-state index contributed by atoms with van der Waals surface area (Å²) >= 11 is 0. The van der Waals surface area contributed by atoms with E-state index in [1.807, 2.05) is 48.5 Å². The normalized spacial score (nSPS) is 14.3. The fraction of sp³-hybridized carbons (Fsp3) is 0.227. The zero-order valence-corrected chi connectivity index (χ0v) is 16.9. The first kappa shape index (κ1) is 19.4. The number of methoxy groups -OCH3 is 1. The molecule has 0 saturated carbocycles. The van der Waals surface area contributed by atoms with E-state index in [0.29, 0.717) is 30.8 Å². The Kier molecular flexibility index (Phi) is 5.25. The zero-order valence-electron chi connectivity index (χ0n) is 16.1. The Labute approximate surface area is 170 Å². The van der Waals surface area contributed by atoms with Crippen molar-refractivity contribution in [2.45, 2.75) is 11.4 Å². The van der Waals surface area contributed by atoms with Crippen LogP contribution in [-0.2, 0) is 26.1 Å². The van der Waals surface area contributed by atoms with Gasteiger partial charge < -0.3 is 9.64 Å². The van der Waals surface area contributed by atoms with Gasteiger partial charge in [0.05, 0.1) is 17.2 Å². The lowest BCUT2D eigenvalue weighted by Gasteiger charge is -2.26. The van der Waals surface area contributed by atoms with E-state index in [1.165, 1.54) is 4.31 Å². The molecule has 1 amide bonds. The van der Waals surface area contributed by atoms with Crippen molar-refractivity contribution in [3.63, 3.8) is 0 Å². The molecule has 0 unspecified atom stereocenters. The molecule has 0 fully saturated rings. The third-order valence-corrected chi connectivity index (χ3v) is 6.90. The summed E-state index contributed by atoms with van der Waals surface area (Å²) in [6.45, 7) is 0.914. The molecule has 29 heavy (non-hydrogen) atoms. The number of anilines is 1. The Balaban J connectivity index is 1.63. The number of carbonyl (C=O) groups is 1. The predicted molar refractivity (Wildman–Crippen MR) is 112 cm³/mol. The van der Waals surface area contributed by atoms with Crippen molar-refractivity contribution < 1.29 is 17.9 Å². The van der Waals surface area contributed by atoms with Crippen molar-refractivity contribution >= 4 is 32.4 Å². The van der Waals surface area contributed by atoms with E-state index in [-0.39, 0.29) is 17.3 Å². The zero-order chi connectivity index (χ0) is 20.4. The summed E-state index contributed by atoms with van der Waals surface area (Å²) in [5, 5.41) is 1.52. The molecule has 1 heterocycles. The van der Waals surface area contributed by atoms with Crippen LogP contribution < -0.4 is 4.31 Å². The molecule has 0 radical (unpaired) electrons. The maximum absolute atomic E-state index is 13.1. The Morgan fingerprint density at radius 2 is 1.72 bits per heavy atom. The summed E-state index contributed by atoms with van der Waals surface area (Å²) < 4.78 is 32.6. The smallest absolute Gasteiger partial charge is 0.265 e. The quantitative estimate of drug-likeness (QED) is 0.601. The second-order valence-corrected chi connectivity index (χ2v) is 8.77. The second-order valence-electron chi connectivity index (χ2n) is 6.94. The third kappa shape index (κ3) is 3.59. The van der Waals surface area contributed by atoms with E-state index in [2.05, 4.69) is 0 Å². The summed E-state index contributed by atoms with van der Waals surface area (Å²) in [6, 6.07) is 20.3. The average Bonchev–Trinajstić information content (AvgIpc) is 2.95. The van der Waals surface area contributed by atoms with Gasteiger partial charge in [-0.05, 0) is 23.1 Å². The molecular weight excluding hydrogens is 388 g/mol. The number of carbonyl (C=O) groups excluding carboxylic acids is 1.